The third-order valence-electron chi connectivity index (χ3n) is 3.26. The van der Waals surface area contributed by atoms with Gasteiger partial charge in [0.25, 0.3) is 0 Å². The standard InChI is InChI=1S/C13H21N3O/c1-3-14-8-11-6-7-16(10-11)12-4-5-13(17-2)15-9-12/h4-5,9,11,14H,3,6-8,10H2,1-2H3. The van der Waals surface area contributed by atoms with Gasteiger partial charge in [-0.25, -0.2) is 4.98 Å². The van der Waals surface area contributed by atoms with Crippen molar-refractivity contribution in [2.45, 2.75) is 13.3 Å². The Balaban J connectivity index is 1.90. The summed E-state index contributed by atoms with van der Waals surface area (Å²) in [6.45, 7) is 6.59. The molecule has 0 bridgehead atoms. The molecule has 1 aliphatic heterocycles. The van der Waals surface area contributed by atoms with Crippen molar-refractivity contribution in [2.24, 2.45) is 5.92 Å². The van der Waals surface area contributed by atoms with Crippen LogP contribution in [-0.4, -0.2) is 38.3 Å². The molecule has 0 aliphatic carbocycles. The van der Waals surface area contributed by atoms with E-state index in [0.29, 0.717) is 5.88 Å². The highest BCUT2D eigenvalue weighted by molar-refractivity contribution is 5.46. The summed E-state index contributed by atoms with van der Waals surface area (Å²) < 4.78 is 5.07. The molecule has 0 aromatic carbocycles. The van der Waals surface area contributed by atoms with Crippen molar-refractivity contribution in [2.75, 3.05) is 38.2 Å². The lowest BCUT2D eigenvalue weighted by atomic mass is 10.1. The number of methoxy groups -OCH3 is 1. The van der Waals surface area contributed by atoms with Gasteiger partial charge >= 0.3 is 0 Å². The summed E-state index contributed by atoms with van der Waals surface area (Å²) >= 11 is 0. The van der Waals surface area contributed by atoms with Gasteiger partial charge in [-0.15, -0.1) is 0 Å². The second-order valence-corrected chi connectivity index (χ2v) is 4.47. The van der Waals surface area contributed by atoms with Crippen LogP contribution in [0.15, 0.2) is 18.3 Å². The van der Waals surface area contributed by atoms with Gasteiger partial charge in [-0.1, -0.05) is 6.92 Å². The number of pyridine rings is 1. The van der Waals surface area contributed by atoms with E-state index in [0.717, 1.165) is 32.1 Å². The fraction of sp³-hybridized carbons (Fsp3) is 0.615. The highest BCUT2D eigenvalue weighted by Crippen LogP contribution is 2.23. The zero-order chi connectivity index (χ0) is 12.1. The quantitative estimate of drug-likeness (QED) is 0.840. The number of nitrogens with one attached hydrogen (secondary N) is 1. The third kappa shape index (κ3) is 3.09. The molecule has 1 N–H and O–H groups in total. The highest BCUT2D eigenvalue weighted by Gasteiger charge is 2.22. The van der Waals surface area contributed by atoms with Gasteiger partial charge in [0.15, 0.2) is 0 Å². The average Bonchev–Trinajstić information content (AvgIpc) is 2.85. The minimum absolute atomic E-state index is 0.678. The van der Waals surface area contributed by atoms with Crippen molar-refractivity contribution in [1.82, 2.24) is 10.3 Å². The lowest BCUT2D eigenvalue weighted by Crippen LogP contribution is -2.26. The topological polar surface area (TPSA) is 37.4 Å². The van der Waals surface area contributed by atoms with Crippen molar-refractivity contribution in [3.05, 3.63) is 18.3 Å². The number of aromatic nitrogens is 1. The third-order valence-corrected chi connectivity index (χ3v) is 3.26. The second-order valence-electron chi connectivity index (χ2n) is 4.47. The molecule has 94 valence electrons. The molecule has 17 heavy (non-hydrogen) atoms. The molecule has 2 heterocycles. The number of hydrogen-bond donors (Lipinski definition) is 1. The molecular formula is C13H21N3O. The normalized spacial score (nSPS) is 19.6. The van der Waals surface area contributed by atoms with Gasteiger partial charge < -0.3 is 15.0 Å². The summed E-state index contributed by atoms with van der Waals surface area (Å²) in [6, 6.07) is 4.01. The molecule has 0 saturated carbocycles. The molecule has 1 aliphatic rings. The van der Waals surface area contributed by atoms with Gasteiger partial charge in [0.1, 0.15) is 0 Å². The van der Waals surface area contributed by atoms with Crippen molar-refractivity contribution < 1.29 is 4.74 Å². The Labute approximate surface area is 103 Å². The van der Waals surface area contributed by atoms with Crippen molar-refractivity contribution in [3.63, 3.8) is 0 Å². The van der Waals surface area contributed by atoms with E-state index in [9.17, 15) is 0 Å². The van der Waals surface area contributed by atoms with Gasteiger partial charge in [0.05, 0.1) is 19.0 Å². The molecular weight excluding hydrogens is 214 g/mol. The summed E-state index contributed by atoms with van der Waals surface area (Å²) in [5.74, 6) is 1.44. The van der Waals surface area contributed by atoms with Gasteiger partial charge in [0.2, 0.25) is 5.88 Å². The first-order chi connectivity index (χ1) is 8.33. The van der Waals surface area contributed by atoms with Gasteiger partial charge in [-0.3, -0.25) is 0 Å². The Kier molecular flexibility index (Phi) is 4.20. The first-order valence-corrected chi connectivity index (χ1v) is 6.29. The number of nitrogens with zero attached hydrogens (tertiary/aromatic N) is 2. The first kappa shape index (κ1) is 12.2. The highest BCUT2D eigenvalue weighted by atomic mass is 16.5. The minimum atomic E-state index is 0.678. The minimum Gasteiger partial charge on any atom is -0.481 e. The van der Waals surface area contributed by atoms with Gasteiger partial charge in [0, 0.05) is 19.2 Å². The van der Waals surface area contributed by atoms with E-state index in [4.69, 9.17) is 4.74 Å². The largest absolute Gasteiger partial charge is 0.481 e. The van der Waals surface area contributed by atoms with E-state index < -0.39 is 0 Å². The summed E-state index contributed by atoms with van der Waals surface area (Å²) in [4.78, 5) is 6.65. The molecule has 4 nitrogen and oxygen atoms in total. The maximum Gasteiger partial charge on any atom is 0.213 e. The van der Waals surface area contributed by atoms with Crippen LogP contribution in [0, 0.1) is 5.92 Å². The number of ether oxygens (including phenoxy) is 1. The van der Waals surface area contributed by atoms with Gasteiger partial charge in [-0.2, -0.15) is 0 Å². The lowest BCUT2D eigenvalue weighted by molar-refractivity contribution is 0.398. The molecule has 2 rings (SSSR count). The molecule has 0 spiro atoms. The van der Waals surface area contributed by atoms with Crippen LogP contribution in [0.4, 0.5) is 5.69 Å². The average molecular weight is 235 g/mol. The number of hydrogen-bond acceptors (Lipinski definition) is 4. The molecule has 1 atom stereocenters. The van der Waals surface area contributed by atoms with Gasteiger partial charge in [-0.05, 0) is 31.5 Å². The molecule has 4 heteroatoms. The Hall–Kier alpha value is -1.29. The number of rotatable bonds is 5. The summed E-state index contributed by atoms with van der Waals surface area (Å²) in [5, 5.41) is 3.42. The molecule has 1 fully saturated rings. The van der Waals surface area contributed by atoms with E-state index in [1.165, 1.54) is 12.1 Å². The van der Waals surface area contributed by atoms with Crippen LogP contribution < -0.4 is 15.0 Å². The van der Waals surface area contributed by atoms with Crippen LogP contribution in [0.2, 0.25) is 0 Å². The van der Waals surface area contributed by atoms with Crippen LogP contribution in [0.25, 0.3) is 0 Å². The van der Waals surface area contributed by atoms with E-state index in [1.54, 1.807) is 7.11 Å². The molecule has 0 radical (unpaired) electrons. The first-order valence-electron chi connectivity index (χ1n) is 6.29. The predicted octanol–water partition coefficient (Wildman–Crippen LogP) is 1.53. The molecule has 1 aromatic rings. The Morgan fingerprint density at radius 3 is 3.06 bits per heavy atom. The maximum absolute atomic E-state index is 5.07. The van der Waals surface area contributed by atoms with E-state index in [1.807, 2.05) is 12.3 Å². The Bertz CT molecular complexity index is 339. The summed E-state index contributed by atoms with van der Waals surface area (Å²) in [5.41, 5.74) is 1.20. The summed E-state index contributed by atoms with van der Waals surface area (Å²) in [6.07, 6.45) is 3.16. The molecule has 0 amide bonds. The lowest BCUT2D eigenvalue weighted by Gasteiger charge is -2.18. The van der Waals surface area contributed by atoms with Crippen LogP contribution in [0.5, 0.6) is 5.88 Å². The van der Waals surface area contributed by atoms with E-state index in [2.05, 4.69) is 28.2 Å². The molecule has 1 aromatic heterocycles. The fourth-order valence-corrected chi connectivity index (χ4v) is 2.26. The van der Waals surface area contributed by atoms with Crippen LogP contribution in [0.3, 0.4) is 0 Å². The summed E-state index contributed by atoms with van der Waals surface area (Å²) in [7, 11) is 1.64. The smallest absolute Gasteiger partial charge is 0.213 e. The van der Waals surface area contributed by atoms with Crippen LogP contribution in [-0.2, 0) is 0 Å². The molecule has 1 unspecified atom stereocenters. The zero-order valence-corrected chi connectivity index (χ0v) is 10.6. The number of anilines is 1. The Morgan fingerprint density at radius 2 is 2.41 bits per heavy atom. The van der Waals surface area contributed by atoms with Crippen molar-refractivity contribution in [1.29, 1.82) is 0 Å². The fourth-order valence-electron chi connectivity index (χ4n) is 2.26. The second kappa shape index (κ2) is 5.87. The van der Waals surface area contributed by atoms with E-state index >= 15 is 0 Å². The monoisotopic (exact) mass is 235 g/mol. The Morgan fingerprint density at radius 1 is 1.53 bits per heavy atom. The molecule has 1 saturated heterocycles. The predicted molar refractivity (Wildman–Crippen MR) is 69.7 cm³/mol. The van der Waals surface area contributed by atoms with Crippen molar-refractivity contribution >= 4 is 5.69 Å². The maximum atomic E-state index is 5.07. The van der Waals surface area contributed by atoms with E-state index in [-0.39, 0.29) is 0 Å². The SMILES string of the molecule is CCNCC1CCN(c2ccc(OC)nc2)C1. The van der Waals surface area contributed by atoms with Crippen LogP contribution >= 0.6 is 0 Å². The van der Waals surface area contributed by atoms with Crippen molar-refractivity contribution in [3.8, 4) is 5.88 Å². The zero-order valence-electron chi connectivity index (χ0n) is 10.6. The van der Waals surface area contributed by atoms with Crippen LogP contribution in [0.1, 0.15) is 13.3 Å².